The molecule has 0 radical (unpaired) electrons. The molecular weight excluding hydrogens is 298 g/mol. The first-order valence-electron chi connectivity index (χ1n) is 8.08. The van der Waals surface area contributed by atoms with Crippen LogP contribution in [0.4, 0.5) is 5.69 Å². The monoisotopic (exact) mass is 319 g/mol. The molecule has 3 aromatic carbocycles. The Hall–Kier alpha value is -2.81. The van der Waals surface area contributed by atoms with Crippen LogP contribution in [0.15, 0.2) is 60.7 Å². The third kappa shape index (κ3) is 3.74. The van der Waals surface area contributed by atoms with Crippen molar-refractivity contribution >= 4 is 22.4 Å². The van der Waals surface area contributed by atoms with Crippen LogP contribution in [-0.2, 0) is 11.2 Å². The molecule has 0 aliphatic heterocycles. The van der Waals surface area contributed by atoms with E-state index in [0.717, 1.165) is 28.0 Å². The zero-order valence-electron chi connectivity index (χ0n) is 14.0. The van der Waals surface area contributed by atoms with Crippen LogP contribution in [-0.4, -0.2) is 13.0 Å². The minimum atomic E-state index is 0.0266. The third-order valence-corrected chi connectivity index (χ3v) is 4.13. The lowest BCUT2D eigenvalue weighted by atomic mass is 10.1. The van der Waals surface area contributed by atoms with Gasteiger partial charge in [0.2, 0.25) is 5.91 Å². The van der Waals surface area contributed by atoms with Crippen molar-refractivity contribution in [2.75, 3.05) is 12.4 Å². The Morgan fingerprint density at radius 3 is 2.54 bits per heavy atom. The van der Waals surface area contributed by atoms with Crippen LogP contribution in [0.5, 0.6) is 5.75 Å². The van der Waals surface area contributed by atoms with Crippen LogP contribution in [0.3, 0.4) is 0 Å². The summed E-state index contributed by atoms with van der Waals surface area (Å²) in [5, 5.41) is 5.27. The van der Waals surface area contributed by atoms with Gasteiger partial charge in [-0.15, -0.1) is 0 Å². The quantitative estimate of drug-likeness (QED) is 0.738. The third-order valence-electron chi connectivity index (χ3n) is 4.13. The van der Waals surface area contributed by atoms with E-state index >= 15 is 0 Å². The maximum Gasteiger partial charge on any atom is 0.224 e. The predicted molar refractivity (Wildman–Crippen MR) is 98.6 cm³/mol. The largest absolute Gasteiger partial charge is 0.496 e. The number of methoxy groups -OCH3 is 1. The number of nitrogens with one attached hydrogen (secondary N) is 1. The number of ether oxygens (including phenoxy) is 1. The van der Waals surface area contributed by atoms with E-state index in [9.17, 15) is 4.79 Å². The smallest absolute Gasteiger partial charge is 0.224 e. The second-order valence-corrected chi connectivity index (χ2v) is 5.91. The molecule has 0 fully saturated rings. The van der Waals surface area contributed by atoms with Crippen LogP contribution in [0, 0.1) is 6.92 Å². The van der Waals surface area contributed by atoms with Crippen molar-refractivity contribution in [1.29, 1.82) is 0 Å². The Bertz CT molecular complexity index is 871. The number of carbonyl (C=O) groups excluding carboxylic acids is 1. The van der Waals surface area contributed by atoms with Crippen LogP contribution in [0.1, 0.15) is 17.5 Å². The van der Waals surface area contributed by atoms with E-state index < -0.39 is 0 Å². The van der Waals surface area contributed by atoms with Crippen LogP contribution >= 0.6 is 0 Å². The van der Waals surface area contributed by atoms with Gasteiger partial charge in [-0.05, 0) is 53.4 Å². The van der Waals surface area contributed by atoms with Crippen molar-refractivity contribution in [2.24, 2.45) is 0 Å². The molecule has 0 heterocycles. The molecule has 3 aromatic rings. The van der Waals surface area contributed by atoms with Gasteiger partial charge in [0, 0.05) is 12.1 Å². The first-order chi connectivity index (χ1) is 11.7. The molecule has 0 saturated heterocycles. The molecular formula is C21H21NO2. The van der Waals surface area contributed by atoms with Crippen LogP contribution < -0.4 is 10.1 Å². The highest BCUT2D eigenvalue weighted by Crippen LogP contribution is 2.21. The Kier molecular flexibility index (Phi) is 4.80. The van der Waals surface area contributed by atoms with Gasteiger partial charge in [-0.2, -0.15) is 0 Å². The van der Waals surface area contributed by atoms with Crippen molar-refractivity contribution in [3.05, 3.63) is 71.8 Å². The van der Waals surface area contributed by atoms with Gasteiger partial charge >= 0.3 is 0 Å². The molecule has 0 bridgehead atoms. The molecule has 122 valence electrons. The van der Waals surface area contributed by atoms with Crippen molar-refractivity contribution in [3.63, 3.8) is 0 Å². The van der Waals surface area contributed by atoms with Crippen LogP contribution in [0.2, 0.25) is 0 Å². The summed E-state index contributed by atoms with van der Waals surface area (Å²) in [6, 6.07) is 20.1. The number of carbonyl (C=O) groups is 1. The molecule has 0 unspecified atom stereocenters. The van der Waals surface area contributed by atoms with Gasteiger partial charge < -0.3 is 10.1 Å². The van der Waals surface area contributed by atoms with Gasteiger partial charge in [0.1, 0.15) is 5.75 Å². The lowest BCUT2D eigenvalue weighted by Crippen LogP contribution is -2.12. The maximum atomic E-state index is 12.2. The van der Waals surface area contributed by atoms with Crippen molar-refractivity contribution in [2.45, 2.75) is 19.8 Å². The number of benzene rings is 3. The summed E-state index contributed by atoms with van der Waals surface area (Å²) < 4.78 is 5.26. The van der Waals surface area contributed by atoms with Gasteiger partial charge in [-0.3, -0.25) is 4.79 Å². The van der Waals surface area contributed by atoms with Gasteiger partial charge in [-0.1, -0.05) is 42.5 Å². The van der Waals surface area contributed by atoms with Gasteiger partial charge in [0.15, 0.2) is 0 Å². The van der Waals surface area contributed by atoms with E-state index in [0.29, 0.717) is 12.8 Å². The summed E-state index contributed by atoms with van der Waals surface area (Å²) in [7, 11) is 1.67. The normalized spacial score (nSPS) is 10.6. The molecule has 1 N–H and O–H groups in total. The molecule has 24 heavy (non-hydrogen) atoms. The molecule has 0 saturated carbocycles. The molecule has 0 aliphatic rings. The zero-order valence-corrected chi connectivity index (χ0v) is 14.0. The average molecular weight is 319 g/mol. The average Bonchev–Trinajstić information content (AvgIpc) is 2.60. The molecule has 0 aromatic heterocycles. The summed E-state index contributed by atoms with van der Waals surface area (Å²) in [5.74, 6) is 0.901. The molecule has 0 atom stereocenters. The summed E-state index contributed by atoms with van der Waals surface area (Å²) >= 11 is 0. The first kappa shape index (κ1) is 16.1. The Morgan fingerprint density at radius 2 is 1.79 bits per heavy atom. The van der Waals surface area contributed by atoms with Crippen molar-refractivity contribution in [3.8, 4) is 5.75 Å². The lowest BCUT2D eigenvalue weighted by molar-refractivity contribution is -0.116. The van der Waals surface area contributed by atoms with E-state index in [-0.39, 0.29) is 5.91 Å². The van der Waals surface area contributed by atoms with Crippen molar-refractivity contribution in [1.82, 2.24) is 0 Å². The fraction of sp³-hybridized carbons (Fsp3) is 0.190. The SMILES string of the molecule is COc1ccc(CCC(=O)Nc2ccc3ccccc3c2)cc1C. The number of rotatable bonds is 5. The molecule has 0 aliphatic carbocycles. The number of amides is 1. The number of fused-ring (bicyclic) bond motifs is 1. The Labute approximate surface area is 142 Å². The summed E-state index contributed by atoms with van der Waals surface area (Å²) in [5.41, 5.74) is 3.07. The van der Waals surface area contributed by atoms with Crippen molar-refractivity contribution < 1.29 is 9.53 Å². The Morgan fingerprint density at radius 1 is 1.00 bits per heavy atom. The molecule has 1 amide bonds. The number of hydrogen-bond donors (Lipinski definition) is 1. The first-order valence-corrected chi connectivity index (χ1v) is 8.08. The van der Waals surface area contributed by atoms with Gasteiger partial charge in [-0.25, -0.2) is 0 Å². The number of hydrogen-bond acceptors (Lipinski definition) is 2. The highest BCUT2D eigenvalue weighted by atomic mass is 16.5. The molecule has 0 spiro atoms. The maximum absolute atomic E-state index is 12.2. The number of aryl methyl sites for hydroxylation is 2. The standard InChI is InChI=1S/C21H21NO2/c1-15-13-16(7-11-20(15)24-2)8-12-21(23)22-19-10-9-17-5-3-4-6-18(17)14-19/h3-7,9-11,13-14H,8,12H2,1-2H3,(H,22,23). The van der Waals surface area contributed by atoms with Gasteiger partial charge in [0.25, 0.3) is 0 Å². The predicted octanol–water partition coefficient (Wildman–Crippen LogP) is 4.73. The Balaban J connectivity index is 1.61. The fourth-order valence-electron chi connectivity index (χ4n) is 2.84. The summed E-state index contributed by atoms with van der Waals surface area (Å²) in [6.07, 6.45) is 1.17. The highest BCUT2D eigenvalue weighted by Gasteiger charge is 2.06. The topological polar surface area (TPSA) is 38.3 Å². The van der Waals surface area contributed by atoms with E-state index in [1.54, 1.807) is 7.11 Å². The minimum Gasteiger partial charge on any atom is -0.496 e. The molecule has 3 nitrogen and oxygen atoms in total. The molecule has 3 rings (SSSR count). The second-order valence-electron chi connectivity index (χ2n) is 5.91. The van der Waals surface area contributed by atoms with E-state index in [1.165, 1.54) is 5.39 Å². The highest BCUT2D eigenvalue weighted by molar-refractivity contribution is 5.94. The summed E-state index contributed by atoms with van der Waals surface area (Å²) in [4.78, 5) is 12.2. The number of anilines is 1. The lowest BCUT2D eigenvalue weighted by Gasteiger charge is -2.09. The van der Waals surface area contributed by atoms with E-state index in [2.05, 4.69) is 17.4 Å². The summed E-state index contributed by atoms with van der Waals surface area (Å²) in [6.45, 7) is 2.01. The van der Waals surface area contributed by atoms with E-state index in [1.807, 2.05) is 55.5 Å². The fourth-order valence-corrected chi connectivity index (χ4v) is 2.84. The minimum absolute atomic E-state index is 0.0266. The zero-order chi connectivity index (χ0) is 16.9. The van der Waals surface area contributed by atoms with Crippen LogP contribution in [0.25, 0.3) is 10.8 Å². The second kappa shape index (κ2) is 7.18. The van der Waals surface area contributed by atoms with E-state index in [4.69, 9.17) is 4.74 Å². The molecule has 3 heteroatoms. The van der Waals surface area contributed by atoms with Gasteiger partial charge in [0.05, 0.1) is 7.11 Å².